The highest BCUT2D eigenvalue weighted by Gasteiger charge is 2.11. The van der Waals surface area contributed by atoms with Crippen molar-refractivity contribution in [2.24, 2.45) is 0 Å². The molecule has 0 saturated heterocycles. The monoisotopic (exact) mass is 300 g/mol. The van der Waals surface area contributed by atoms with Gasteiger partial charge >= 0.3 is 0 Å². The molecule has 0 aliphatic heterocycles. The van der Waals surface area contributed by atoms with E-state index >= 15 is 0 Å². The van der Waals surface area contributed by atoms with E-state index in [1.165, 1.54) is 24.3 Å². The van der Waals surface area contributed by atoms with Crippen molar-refractivity contribution < 1.29 is 18.3 Å². The second-order valence-electron chi connectivity index (χ2n) is 4.55. The van der Waals surface area contributed by atoms with Crippen molar-refractivity contribution in [3.05, 3.63) is 70.0 Å². The molecule has 2 rings (SSSR count). The summed E-state index contributed by atoms with van der Waals surface area (Å²) in [5.41, 5.74) is 1.08. The minimum atomic E-state index is -0.950. The topological polar surface area (TPSA) is 20.2 Å². The zero-order valence-electron chi connectivity index (χ0n) is 10.4. The zero-order chi connectivity index (χ0) is 14.7. The number of benzene rings is 2. The van der Waals surface area contributed by atoms with Gasteiger partial charge in [-0.05, 0) is 41.8 Å². The number of hydrogen-bond donors (Lipinski definition) is 1. The van der Waals surface area contributed by atoms with Gasteiger partial charge in [0.15, 0.2) is 11.6 Å². The molecule has 0 bridgehead atoms. The second kappa shape index (κ2) is 6.29. The molecule has 1 N–H and O–H groups in total. The number of aliphatic hydroxyl groups is 1. The standard InChI is InChI=1S/C15H12ClF3O/c16-13-8-11(17)3-2-10(13)7-12(20)5-9-1-4-14(18)15(19)6-9/h1-4,6,8,12,20H,5,7H2. The molecule has 5 heteroatoms. The number of halogens is 4. The maximum absolute atomic E-state index is 13.0. The fourth-order valence-corrected chi connectivity index (χ4v) is 2.20. The van der Waals surface area contributed by atoms with Crippen LogP contribution in [0.15, 0.2) is 36.4 Å². The van der Waals surface area contributed by atoms with E-state index in [4.69, 9.17) is 11.6 Å². The van der Waals surface area contributed by atoms with E-state index in [1.54, 1.807) is 0 Å². The molecule has 0 amide bonds. The Morgan fingerprint density at radius 1 is 0.950 bits per heavy atom. The highest BCUT2D eigenvalue weighted by Crippen LogP contribution is 2.20. The summed E-state index contributed by atoms with van der Waals surface area (Å²) in [5.74, 6) is -2.33. The summed E-state index contributed by atoms with van der Waals surface area (Å²) in [5, 5.41) is 10.2. The van der Waals surface area contributed by atoms with Gasteiger partial charge in [0.05, 0.1) is 6.10 Å². The van der Waals surface area contributed by atoms with Crippen molar-refractivity contribution in [1.29, 1.82) is 0 Å². The van der Waals surface area contributed by atoms with E-state index < -0.39 is 23.6 Å². The Balaban J connectivity index is 2.04. The van der Waals surface area contributed by atoms with Crippen molar-refractivity contribution in [3.63, 3.8) is 0 Å². The van der Waals surface area contributed by atoms with Crippen molar-refractivity contribution in [2.45, 2.75) is 18.9 Å². The molecule has 0 spiro atoms. The quantitative estimate of drug-likeness (QED) is 0.908. The molecule has 2 aromatic carbocycles. The molecule has 106 valence electrons. The SMILES string of the molecule is OC(Cc1ccc(F)c(F)c1)Cc1ccc(F)cc1Cl. The first-order valence-electron chi connectivity index (χ1n) is 6.01. The lowest BCUT2D eigenvalue weighted by Crippen LogP contribution is -2.14. The van der Waals surface area contributed by atoms with E-state index in [-0.39, 0.29) is 17.9 Å². The third-order valence-corrected chi connectivity index (χ3v) is 3.28. The molecule has 0 aliphatic carbocycles. The Labute approximate surface area is 119 Å². The van der Waals surface area contributed by atoms with Gasteiger partial charge in [-0.2, -0.15) is 0 Å². The Hall–Kier alpha value is -1.52. The molecule has 20 heavy (non-hydrogen) atoms. The van der Waals surface area contributed by atoms with E-state index in [9.17, 15) is 18.3 Å². The van der Waals surface area contributed by atoms with E-state index in [1.807, 2.05) is 0 Å². The van der Waals surface area contributed by atoms with Gasteiger partial charge in [0.2, 0.25) is 0 Å². The number of aliphatic hydroxyl groups excluding tert-OH is 1. The summed E-state index contributed by atoms with van der Waals surface area (Å²) in [6.45, 7) is 0. The minimum Gasteiger partial charge on any atom is -0.392 e. The number of rotatable bonds is 4. The molecule has 0 heterocycles. The third kappa shape index (κ3) is 3.74. The summed E-state index contributed by atoms with van der Waals surface area (Å²) in [6.07, 6.45) is -0.453. The highest BCUT2D eigenvalue weighted by atomic mass is 35.5. The van der Waals surface area contributed by atoms with Crippen LogP contribution in [0.1, 0.15) is 11.1 Å². The lowest BCUT2D eigenvalue weighted by molar-refractivity contribution is 0.175. The van der Waals surface area contributed by atoms with Gasteiger partial charge in [-0.25, -0.2) is 13.2 Å². The first-order valence-corrected chi connectivity index (χ1v) is 6.39. The van der Waals surface area contributed by atoms with Gasteiger partial charge in [0, 0.05) is 11.4 Å². The van der Waals surface area contributed by atoms with Crippen LogP contribution in [0.3, 0.4) is 0 Å². The van der Waals surface area contributed by atoms with Crippen LogP contribution in [0.4, 0.5) is 13.2 Å². The summed E-state index contributed by atoms with van der Waals surface area (Å²) < 4.78 is 38.7. The largest absolute Gasteiger partial charge is 0.392 e. The predicted molar refractivity (Wildman–Crippen MR) is 71.2 cm³/mol. The summed E-state index contributed by atoms with van der Waals surface area (Å²) in [4.78, 5) is 0. The average molecular weight is 301 g/mol. The van der Waals surface area contributed by atoms with Crippen LogP contribution in [0.5, 0.6) is 0 Å². The maximum atomic E-state index is 13.0. The molecular formula is C15H12ClF3O. The van der Waals surface area contributed by atoms with Crippen LogP contribution in [0.2, 0.25) is 5.02 Å². The van der Waals surface area contributed by atoms with Crippen LogP contribution in [-0.4, -0.2) is 11.2 Å². The van der Waals surface area contributed by atoms with Crippen LogP contribution in [0, 0.1) is 17.5 Å². The van der Waals surface area contributed by atoms with Crippen molar-refractivity contribution in [2.75, 3.05) is 0 Å². The fourth-order valence-electron chi connectivity index (χ4n) is 1.95. The average Bonchev–Trinajstić information content (AvgIpc) is 2.37. The fraction of sp³-hybridized carbons (Fsp3) is 0.200. The van der Waals surface area contributed by atoms with Crippen LogP contribution in [0.25, 0.3) is 0 Å². The molecule has 0 saturated carbocycles. The molecule has 0 radical (unpaired) electrons. The summed E-state index contributed by atoms with van der Waals surface area (Å²) in [6, 6.07) is 7.39. The Morgan fingerprint density at radius 2 is 1.70 bits per heavy atom. The van der Waals surface area contributed by atoms with Crippen molar-refractivity contribution >= 4 is 11.6 Å². The summed E-state index contributed by atoms with van der Waals surface area (Å²) >= 11 is 5.86. The molecule has 0 aromatic heterocycles. The minimum absolute atomic E-state index is 0.158. The maximum Gasteiger partial charge on any atom is 0.159 e. The Bertz CT molecular complexity index is 616. The van der Waals surface area contributed by atoms with Crippen molar-refractivity contribution in [1.82, 2.24) is 0 Å². The molecule has 2 aromatic rings. The normalized spacial score (nSPS) is 12.4. The van der Waals surface area contributed by atoms with Crippen LogP contribution >= 0.6 is 11.6 Å². The zero-order valence-corrected chi connectivity index (χ0v) is 11.2. The molecule has 1 unspecified atom stereocenters. The van der Waals surface area contributed by atoms with E-state index in [0.29, 0.717) is 11.1 Å². The molecule has 1 nitrogen and oxygen atoms in total. The van der Waals surface area contributed by atoms with Gasteiger partial charge in [0.1, 0.15) is 5.82 Å². The molecule has 0 fully saturated rings. The van der Waals surface area contributed by atoms with E-state index in [2.05, 4.69) is 0 Å². The second-order valence-corrected chi connectivity index (χ2v) is 4.95. The van der Waals surface area contributed by atoms with Gasteiger partial charge in [-0.3, -0.25) is 0 Å². The van der Waals surface area contributed by atoms with Gasteiger partial charge < -0.3 is 5.11 Å². The highest BCUT2D eigenvalue weighted by molar-refractivity contribution is 6.31. The van der Waals surface area contributed by atoms with Gasteiger partial charge in [0.25, 0.3) is 0 Å². The molecule has 0 aliphatic rings. The first kappa shape index (κ1) is 14.9. The van der Waals surface area contributed by atoms with Crippen LogP contribution in [-0.2, 0) is 12.8 Å². The summed E-state index contributed by atoms with van der Waals surface area (Å²) in [7, 11) is 0. The van der Waals surface area contributed by atoms with Crippen molar-refractivity contribution in [3.8, 4) is 0 Å². The Morgan fingerprint density at radius 3 is 2.35 bits per heavy atom. The molecule has 1 atom stereocenters. The third-order valence-electron chi connectivity index (χ3n) is 2.93. The number of hydrogen-bond acceptors (Lipinski definition) is 1. The molecular weight excluding hydrogens is 289 g/mol. The van der Waals surface area contributed by atoms with Gasteiger partial charge in [-0.15, -0.1) is 0 Å². The van der Waals surface area contributed by atoms with E-state index in [0.717, 1.165) is 12.1 Å². The lowest BCUT2D eigenvalue weighted by atomic mass is 10.0. The Kier molecular flexibility index (Phi) is 4.68. The smallest absolute Gasteiger partial charge is 0.159 e. The van der Waals surface area contributed by atoms with Crippen LogP contribution < -0.4 is 0 Å². The van der Waals surface area contributed by atoms with Gasteiger partial charge in [-0.1, -0.05) is 23.7 Å². The first-order chi connectivity index (χ1) is 9.45. The predicted octanol–water partition coefficient (Wildman–Crippen LogP) is 3.90. The lowest BCUT2D eigenvalue weighted by Gasteiger charge is -2.12.